The van der Waals surface area contributed by atoms with Gasteiger partial charge >= 0.3 is 17.1 Å². The third-order valence-corrected chi connectivity index (χ3v) is 7.68. The van der Waals surface area contributed by atoms with Gasteiger partial charge in [-0.25, -0.2) is 24.3 Å². The molecule has 6 rings (SSSR count). The van der Waals surface area contributed by atoms with E-state index >= 15 is 0 Å². The van der Waals surface area contributed by atoms with Gasteiger partial charge in [-0.1, -0.05) is 55.3 Å². The third-order valence-electron chi connectivity index (χ3n) is 7.68. The first-order valence-corrected chi connectivity index (χ1v) is 14.0. The molecular weight excluding hydrogens is 536 g/mol. The van der Waals surface area contributed by atoms with Crippen molar-refractivity contribution in [2.45, 2.75) is 25.3 Å². The molecule has 0 spiro atoms. The Morgan fingerprint density at radius 3 is 2.12 bits per heavy atom. The average Bonchev–Trinajstić information content (AvgIpc) is 3.72. The molecule has 1 aliphatic rings. The molecular formula is C35H38FeN2O2. The van der Waals surface area contributed by atoms with E-state index in [1.54, 1.807) is 12.1 Å². The predicted molar refractivity (Wildman–Crippen MR) is 161 cm³/mol. The molecule has 1 fully saturated rings. The molecule has 0 radical (unpaired) electrons. The van der Waals surface area contributed by atoms with E-state index in [0.717, 1.165) is 61.0 Å². The monoisotopic (exact) mass is 574 g/mol. The van der Waals surface area contributed by atoms with Crippen molar-refractivity contribution in [1.29, 1.82) is 0 Å². The fourth-order valence-corrected chi connectivity index (χ4v) is 5.60. The zero-order valence-corrected chi connectivity index (χ0v) is 24.0. The molecule has 5 aromatic carbocycles. The van der Waals surface area contributed by atoms with Gasteiger partial charge in [0.1, 0.15) is 11.5 Å². The van der Waals surface area contributed by atoms with Crippen LogP contribution in [0.1, 0.15) is 35.6 Å². The smallest absolute Gasteiger partial charge is 0.508 e. The van der Waals surface area contributed by atoms with Gasteiger partial charge in [-0.3, -0.25) is 4.90 Å². The van der Waals surface area contributed by atoms with E-state index in [-0.39, 0.29) is 28.9 Å². The Balaban J connectivity index is 0.000000557. The number of hydrogen-bond donors (Lipinski definition) is 2. The van der Waals surface area contributed by atoms with E-state index in [4.69, 9.17) is 0 Å². The molecule has 0 bridgehead atoms. The second kappa shape index (κ2) is 14.9. The van der Waals surface area contributed by atoms with Gasteiger partial charge in [0, 0.05) is 31.7 Å². The summed E-state index contributed by atoms with van der Waals surface area (Å²) in [6, 6.07) is 38.1. The molecule has 1 aliphatic heterocycles. The first-order valence-electron chi connectivity index (χ1n) is 14.0. The van der Waals surface area contributed by atoms with Crippen LogP contribution in [0.3, 0.4) is 0 Å². The van der Waals surface area contributed by atoms with Crippen LogP contribution in [0.2, 0.25) is 0 Å². The Morgan fingerprint density at radius 2 is 1.45 bits per heavy atom. The molecule has 0 aliphatic carbocycles. The van der Waals surface area contributed by atoms with Crippen molar-refractivity contribution in [1.82, 2.24) is 9.80 Å². The van der Waals surface area contributed by atoms with E-state index in [0.29, 0.717) is 5.75 Å². The summed E-state index contributed by atoms with van der Waals surface area (Å²) in [6.07, 6.45) is 3.61. The molecule has 1 saturated heterocycles. The number of fused-ring (bicyclic) bond motifs is 1. The van der Waals surface area contributed by atoms with E-state index in [1.165, 1.54) is 18.4 Å². The molecule has 208 valence electrons. The van der Waals surface area contributed by atoms with Gasteiger partial charge in [0.05, 0.1) is 6.04 Å². The quantitative estimate of drug-likeness (QED) is 0.118. The number of unbranched alkanes of at least 4 members (excludes halogenated alkanes) is 1. The van der Waals surface area contributed by atoms with Crippen molar-refractivity contribution in [3.8, 4) is 11.5 Å². The molecule has 0 amide bonds. The van der Waals surface area contributed by atoms with Crippen LogP contribution in [0.15, 0.2) is 115 Å². The second-order valence-corrected chi connectivity index (χ2v) is 10.3. The summed E-state index contributed by atoms with van der Waals surface area (Å²) in [5.74, 6) is 0.586. The summed E-state index contributed by atoms with van der Waals surface area (Å²) in [4.78, 5) is 5.05. The Hall–Kier alpha value is -3.34. The standard InChI is InChI=1S/C30H33N2O2.C5H5.Fe/c33-26-15-12-25(13-16-26)30(29-27-11-4-3-10-24(27)14-17-28(29)34)32-21-19-31(20-22-32)18-6-5-9-23-7-1-2-8-23;1-2-4-5-3-1;/h1-4,7-8,10-17,30,33-34H,5-6,9,18-22H2;1-5H;/q2*-1;+2. The summed E-state index contributed by atoms with van der Waals surface area (Å²) < 4.78 is 0. The van der Waals surface area contributed by atoms with E-state index in [9.17, 15) is 10.2 Å². The van der Waals surface area contributed by atoms with Crippen molar-refractivity contribution >= 4 is 10.8 Å². The van der Waals surface area contributed by atoms with Crippen LogP contribution in [-0.2, 0) is 23.5 Å². The minimum Gasteiger partial charge on any atom is -0.508 e. The van der Waals surface area contributed by atoms with Gasteiger partial charge in [-0.2, -0.15) is 35.9 Å². The number of hydrogen-bond acceptors (Lipinski definition) is 4. The SMILES string of the molecule is Oc1ccc(C(c2c(O)ccc3ccccc23)N2CCN(CCCC[c-]3cccc3)CC2)cc1.[Fe+2].c1cc[cH-]c1. The minimum absolute atomic E-state index is 0. The summed E-state index contributed by atoms with van der Waals surface area (Å²) in [7, 11) is 0. The van der Waals surface area contributed by atoms with Crippen LogP contribution in [0.4, 0.5) is 0 Å². The van der Waals surface area contributed by atoms with Crippen LogP contribution in [0.25, 0.3) is 10.8 Å². The van der Waals surface area contributed by atoms with Crippen LogP contribution in [-0.4, -0.2) is 52.7 Å². The largest absolute Gasteiger partial charge is 2.00 e. The maximum atomic E-state index is 11.0. The number of phenols is 2. The van der Waals surface area contributed by atoms with Crippen LogP contribution >= 0.6 is 0 Å². The first-order chi connectivity index (χ1) is 19.2. The topological polar surface area (TPSA) is 46.9 Å². The Labute approximate surface area is 248 Å². The number of aryl methyl sites for hydroxylation is 1. The molecule has 5 heteroatoms. The number of nitrogens with zero attached hydrogens (tertiary/aromatic N) is 2. The van der Waals surface area contributed by atoms with Gasteiger partial charge in [0.15, 0.2) is 0 Å². The number of aromatic hydroxyl groups is 2. The van der Waals surface area contributed by atoms with Crippen LogP contribution < -0.4 is 0 Å². The number of benzene rings is 3. The Kier molecular flexibility index (Phi) is 11.0. The number of rotatable bonds is 8. The molecule has 4 nitrogen and oxygen atoms in total. The van der Waals surface area contributed by atoms with E-state index < -0.39 is 0 Å². The van der Waals surface area contributed by atoms with Gasteiger partial charge in [0.25, 0.3) is 0 Å². The first kappa shape index (κ1) is 29.6. The summed E-state index contributed by atoms with van der Waals surface area (Å²) >= 11 is 0. The molecule has 1 unspecified atom stereocenters. The molecule has 5 aromatic rings. The van der Waals surface area contributed by atoms with Crippen LogP contribution in [0.5, 0.6) is 11.5 Å². The van der Waals surface area contributed by atoms with Crippen molar-refractivity contribution in [3.05, 3.63) is 132 Å². The number of piperazine rings is 1. The van der Waals surface area contributed by atoms with Crippen molar-refractivity contribution < 1.29 is 27.3 Å². The van der Waals surface area contributed by atoms with Gasteiger partial charge < -0.3 is 15.1 Å². The summed E-state index contributed by atoms with van der Waals surface area (Å²) in [5, 5.41) is 23.1. The minimum atomic E-state index is -0.0637. The molecule has 0 saturated carbocycles. The van der Waals surface area contributed by atoms with E-state index in [1.807, 2.05) is 66.7 Å². The average molecular weight is 575 g/mol. The molecule has 1 atom stereocenters. The number of phenolic OH excluding ortho intramolecular Hbond substituents is 2. The van der Waals surface area contributed by atoms with Gasteiger partial charge in [0.2, 0.25) is 0 Å². The van der Waals surface area contributed by atoms with Crippen molar-refractivity contribution in [3.63, 3.8) is 0 Å². The zero-order valence-electron chi connectivity index (χ0n) is 22.8. The van der Waals surface area contributed by atoms with Gasteiger partial charge in [-0.05, 0) is 47.5 Å². The molecule has 40 heavy (non-hydrogen) atoms. The third kappa shape index (κ3) is 7.65. The second-order valence-electron chi connectivity index (χ2n) is 10.3. The zero-order chi connectivity index (χ0) is 26.9. The fourth-order valence-electron chi connectivity index (χ4n) is 5.60. The predicted octanol–water partition coefficient (Wildman–Crippen LogP) is 7.10. The molecule has 1 heterocycles. The maximum absolute atomic E-state index is 11.0. The fraction of sp³-hybridized carbons (Fsp3) is 0.257. The van der Waals surface area contributed by atoms with Gasteiger partial charge in [-0.15, -0.1) is 0 Å². The summed E-state index contributed by atoms with van der Waals surface area (Å²) in [6.45, 7) is 5.07. The van der Waals surface area contributed by atoms with E-state index in [2.05, 4.69) is 46.2 Å². The molecule has 2 N–H and O–H groups in total. The van der Waals surface area contributed by atoms with Crippen LogP contribution in [0, 0.1) is 0 Å². The van der Waals surface area contributed by atoms with Crippen molar-refractivity contribution in [2.24, 2.45) is 0 Å². The Bertz CT molecular complexity index is 1370. The normalized spacial score (nSPS) is 14.7. The summed E-state index contributed by atoms with van der Waals surface area (Å²) in [5.41, 5.74) is 3.48. The Morgan fingerprint density at radius 1 is 0.750 bits per heavy atom. The maximum Gasteiger partial charge on any atom is 2.00 e. The van der Waals surface area contributed by atoms with Crippen molar-refractivity contribution in [2.75, 3.05) is 32.7 Å². The molecule has 0 aromatic heterocycles.